The van der Waals surface area contributed by atoms with Gasteiger partial charge in [-0.2, -0.15) is 10.3 Å². The van der Waals surface area contributed by atoms with E-state index in [1.54, 1.807) is 17.4 Å². The molecule has 202 valence electrons. The van der Waals surface area contributed by atoms with Crippen molar-refractivity contribution in [2.24, 2.45) is 34.0 Å². The lowest BCUT2D eigenvalue weighted by Gasteiger charge is -2.64. The Kier molecular flexibility index (Phi) is 5.83. The largest absolute Gasteiger partial charge is 0.448 e. The number of halogens is 1. The highest BCUT2D eigenvalue weighted by Crippen LogP contribution is 2.76. The Hall–Kier alpha value is -2.38. The van der Waals surface area contributed by atoms with Gasteiger partial charge in [0.2, 0.25) is 0 Å². The Morgan fingerprint density at radius 3 is 2.87 bits per heavy atom. The normalized spacial score (nSPS) is 45.4. The monoisotopic (exact) mass is 540 g/mol. The third kappa shape index (κ3) is 3.21. The van der Waals surface area contributed by atoms with Crippen molar-refractivity contribution in [1.82, 2.24) is 5.06 Å². The van der Waals surface area contributed by atoms with Gasteiger partial charge in [-0.3, -0.25) is 9.63 Å². The van der Waals surface area contributed by atoms with Crippen molar-refractivity contribution >= 4 is 23.1 Å². The minimum absolute atomic E-state index is 0.172. The molecule has 0 amide bonds. The van der Waals surface area contributed by atoms with Crippen LogP contribution < -0.4 is 0 Å². The molecule has 7 nitrogen and oxygen atoms in total. The van der Waals surface area contributed by atoms with Crippen LogP contribution in [0.3, 0.4) is 0 Å². The van der Waals surface area contributed by atoms with E-state index in [1.165, 1.54) is 12.2 Å². The number of ketones is 1. The summed E-state index contributed by atoms with van der Waals surface area (Å²) >= 11 is 1.61. The summed E-state index contributed by atoms with van der Waals surface area (Å²) in [6.45, 7) is 6.64. The number of carbonyl (C=O) groups is 2. The van der Waals surface area contributed by atoms with Crippen molar-refractivity contribution in [1.29, 1.82) is 5.26 Å². The Bertz CT molecular complexity index is 1270. The first-order valence-electron chi connectivity index (χ1n) is 13.3. The number of hydroxylamine groups is 2. The minimum atomic E-state index is -1.40. The summed E-state index contributed by atoms with van der Waals surface area (Å²) in [5, 5.41) is 24.8. The summed E-state index contributed by atoms with van der Waals surface area (Å²) in [7, 11) is 0. The SMILES string of the molecule is CC12C=CC(=O)C=C1C(F)CC1C2C(O)CC2(C)C1(C)CC1CN(Cc3cccs3)OC12C(=O)OCC#N. The molecule has 4 aliphatic carbocycles. The van der Waals surface area contributed by atoms with Crippen LogP contribution in [0.25, 0.3) is 0 Å². The number of ether oxygens (including phenoxy) is 1. The highest BCUT2D eigenvalue weighted by molar-refractivity contribution is 7.09. The lowest BCUT2D eigenvalue weighted by atomic mass is 9.41. The number of nitriles is 1. The standard InChI is InChI=1S/C29H33FN2O5S/c1-26-7-6-18(33)11-20(26)22(30)12-21-24(26)23(34)14-28(3)27(21,2)13-17-15-32(16-19-5-4-10-38-19)37-29(17,28)25(35)36-9-8-31/h4-7,10-11,17,21-24,34H,9,12-16H2,1-3H3. The van der Waals surface area contributed by atoms with Gasteiger partial charge in [0.1, 0.15) is 12.2 Å². The van der Waals surface area contributed by atoms with Crippen molar-refractivity contribution in [3.63, 3.8) is 0 Å². The summed E-state index contributed by atoms with van der Waals surface area (Å²) in [6.07, 6.45) is 3.52. The van der Waals surface area contributed by atoms with Crippen molar-refractivity contribution < 1.29 is 28.7 Å². The molecule has 1 aromatic heterocycles. The number of carbonyl (C=O) groups excluding carboxylic acids is 2. The summed E-state index contributed by atoms with van der Waals surface area (Å²) in [5.74, 6) is -1.63. The van der Waals surface area contributed by atoms with Gasteiger partial charge in [-0.25, -0.2) is 9.18 Å². The molecule has 1 N–H and O–H groups in total. The van der Waals surface area contributed by atoms with Crippen molar-refractivity contribution in [3.05, 3.63) is 46.2 Å². The Labute approximate surface area is 225 Å². The van der Waals surface area contributed by atoms with Crippen molar-refractivity contribution in [2.75, 3.05) is 13.2 Å². The molecule has 2 heterocycles. The number of hydrogen-bond acceptors (Lipinski definition) is 8. The predicted octanol–water partition coefficient (Wildman–Crippen LogP) is 4.14. The maximum Gasteiger partial charge on any atom is 0.342 e. The quantitative estimate of drug-likeness (QED) is 0.573. The van der Waals surface area contributed by atoms with Gasteiger partial charge in [-0.05, 0) is 59.8 Å². The number of esters is 1. The van der Waals surface area contributed by atoms with Gasteiger partial charge in [0.25, 0.3) is 0 Å². The van der Waals surface area contributed by atoms with E-state index < -0.39 is 40.1 Å². The molecule has 9 atom stereocenters. The zero-order valence-electron chi connectivity index (χ0n) is 21.9. The molecule has 0 bridgehead atoms. The van der Waals surface area contributed by atoms with E-state index in [0.29, 0.717) is 25.1 Å². The van der Waals surface area contributed by atoms with E-state index >= 15 is 4.39 Å². The van der Waals surface area contributed by atoms with Gasteiger partial charge >= 0.3 is 5.97 Å². The smallest absolute Gasteiger partial charge is 0.342 e. The van der Waals surface area contributed by atoms with Crippen LogP contribution in [-0.2, 0) is 25.7 Å². The number of aliphatic hydroxyl groups is 1. The molecule has 0 aromatic carbocycles. The second kappa shape index (κ2) is 8.56. The van der Waals surface area contributed by atoms with E-state index in [9.17, 15) is 14.7 Å². The van der Waals surface area contributed by atoms with Crippen LogP contribution in [0.15, 0.2) is 41.3 Å². The van der Waals surface area contributed by atoms with Gasteiger partial charge in [0.05, 0.1) is 12.6 Å². The molecule has 0 radical (unpaired) electrons. The Balaban J connectivity index is 1.43. The molecule has 1 saturated heterocycles. The fourth-order valence-corrected chi connectivity index (χ4v) is 9.79. The number of alkyl halides is 1. The number of allylic oxidation sites excluding steroid dienone is 4. The van der Waals surface area contributed by atoms with E-state index in [4.69, 9.17) is 14.8 Å². The lowest BCUT2D eigenvalue weighted by Crippen LogP contribution is -2.67. The first-order valence-corrected chi connectivity index (χ1v) is 14.2. The van der Waals surface area contributed by atoms with E-state index in [-0.39, 0.29) is 43.0 Å². The highest BCUT2D eigenvalue weighted by atomic mass is 32.1. The number of rotatable bonds is 4. The highest BCUT2D eigenvalue weighted by Gasteiger charge is 2.80. The molecule has 9 heteroatoms. The Morgan fingerprint density at radius 1 is 1.37 bits per heavy atom. The topological polar surface area (TPSA) is 99.9 Å². The average molecular weight is 541 g/mol. The average Bonchev–Trinajstić information content (AvgIpc) is 3.54. The third-order valence-corrected chi connectivity index (χ3v) is 11.7. The van der Waals surface area contributed by atoms with Crippen LogP contribution in [0.2, 0.25) is 0 Å². The first-order chi connectivity index (χ1) is 18.0. The van der Waals surface area contributed by atoms with Gasteiger partial charge in [-0.1, -0.05) is 32.9 Å². The summed E-state index contributed by atoms with van der Waals surface area (Å²) < 4.78 is 21.3. The molecular weight excluding hydrogens is 507 g/mol. The molecule has 3 saturated carbocycles. The van der Waals surface area contributed by atoms with E-state index in [2.05, 4.69) is 6.92 Å². The zero-order chi connectivity index (χ0) is 27.1. The molecule has 6 rings (SSSR count). The predicted molar refractivity (Wildman–Crippen MR) is 137 cm³/mol. The van der Waals surface area contributed by atoms with Crippen LogP contribution in [-0.4, -0.2) is 53.0 Å². The van der Waals surface area contributed by atoms with Crippen LogP contribution in [0, 0.1) is 45.3 Å². The maximum atomic E-state index is 15.9. The third-order valence-electron chi connectivity index (χ3n) is 10.8. The van der Waals surface area contributed by atoms with Crippen molar-refractivity contribution in [3.8, 4) is 6.07 Å². The molecule has 38 heavy (non-hydrogen) atoms. The van der Waals surface area contributed by atoms with Crippen LogP contribution >= 0.6 is 11.3 Å². The van der Waals surface area contributed by atoms with E-state index in [0.717, 1.165) is 4.88 Å². The molecule has 1 aromatic rings. The molecule has 5 aliphatic rings. The number of fused-ring (bicyclic) bond motifs is 7. The molecule has 9 unspecified atom stereocenters. The van der Waals surface area contributed by atoms with Crippen LogP contribution in [0.5, 0.6) is 0 Å². The fourth-order valence-electron chi connectivity index (χ4n) is 9.09. The lowest BCUT2D eigenvalue weighted by molar-refractivity contribution is -0.278. The number of thiophene rings is 1. The number of aliphatic hydroxyl groups excluding tert-OH is 1. The molecular formula is C29H33FN2O5S. The van der Waals surface area contributed by atoms with Crippen molar-refractivity contribution in [2.45, 2.75) is 64.5 Å². The van der Waals surface area contributed by atoms with Gasteiger partial charge < -0.3 is 9.84 Å². The number of nitrogens with zero attached hydrogens (tertiary/aromatic N) is 2. The van der Waals surface area contributed by atoms with Gasteiger partial charge in [-0.15, -0.1) is 11.3 Å². The second-order valence-corrected chi connectivity index (χ2v) is 13.4. The summed E-state index contributed by atoms with van der Waals surface area (Å²) in [6, 6.07) is 5.87. The minimum Gasteiger partial charge on any atom is -0.448 e. The second-order valence-electron chi connectivity index (χ2n) is 12.3. The zero-order valence-corrected chi connectivity index (χ0v) is 22.7. The Morgan fingerprint density at radius 2 is 2.16 bits per heavy atom. The summed E-state index contributed by atoms with van der Waals surface area (Å²) in [5.41, 5.74) is -3.19. The van der Waals surface area contributed by atoms with E-state index in [1.807, 2.05) is 42.5 Å². The first kappa shape index (κ1) is 25.9. The van der Waals surface area contributed by atoms with Crippen LogP contribution in [0.1, 0.15) is 44.9 Å². The van der Waals surface area contributed by atoms with Gasteiger partial charge in [0.15, 0.2) is 18.0 Å². The molecule has 0 spiro atoms. The van der Waals surface area contributed by atoms with Crippen LogP contribution in [0.4, 0.5) is 4.39 Å². The number of hydrogen-bond donors (Lipinski definition) is 1. The summed E-state index contributed by atoms with van der Waals surface area (Å²) in [4.78, 5) is 33.7. The van der Waals surface area contributed by atoms with Gasteiger partial charge in [0, 0.05) is 34.1 Å². The molecule has 4 fully saturated rings. The maximum absolute atomic E-state index is 15.9. The fraction of sp³-hybridized carbons (Fsp3) is 0.621. The molecule has 1 aliphatic heterocycles.